The number of halogens is 1. The van der Waals surface area contributed by atoms with E-state index in [-0.39, 0.29) is 5.82 Å². The van der Waals surface area contributed by atoms with Crippen molar-refractivity contribution in [2.24, 2.45) is 5.73 Å². The summed E-state index contributed by atoms with van der Waals surface area (Å²) in [5, 5.41) is 4.83. The second-order valence-electron chi connectivity index (χ2n) is 6.11. The quantitative estimate of drug-likeness (QED) is 0.938. The lowest BCUT2D eigenvalue weighted by atomic mass is 9.83. The summed E-state index contributed by atoms with van der Waals surface area (Å²) in [6.45, 7) is 5.00. The van der Waals surface area contributed by atoms with Gasteiger partial charge in [0.2, 0.25) is 0 Å². The van der Waals surface area contributed by atoms with E-state index in [9.17, 15) is 4.39 Å². The van der Waals surface area contributed by atoms with Crippen LogP contribution in [-0.2, 0) is 6.42 Å². The molecule has 2 N–H and O–H groups in total. The van der Waals surface area contributed by atoms with Crippen molar-refractivity contribution >= 4 is 0 Å². The van der Waals surface area contributed by atoms with Gasteiger partial charge in [-0.05, 0) is 61.9 Å². The van der Waals surface area contributed by atoms with Crippen molar-refractivity contribution in [1.82, 2.24) is 9.78 Å². The van der Waals surface area contributed by atoms with Crippen LogP contribution in [0.3, 0.4) is 0 Å². The van der Waals surface area contributed by atoms with Gasteiger partial charge in [-0.3, -0.25) is 0 Å². The molecular formula is C17H22FN3. The molecule has 1 unspecified atom stereocenters. The van der Waals surface area contributed by atoms with Crippen LogP contribution in [0.4, 0.5) is 4.39 Å². The Morgan fingerprint density at radius 3 is 2.67 bits per heavy atom. The molecule has 3 rings (SSSR count). The minimum Gasteiger partial charge on any atom is -0.330 e. The van der Waals surface area contributed by atoms with Crippen molar-refractivity contribution in [3.8, 4) is 5.69 Å². The second kappa shape index (κ2) is 5.60. The summed E-state index contributed by atoms with van der Waals surface area (Å²) in [5.41, 5.74) is 10.6. The summed E-state index contributed by atoms with van der Waals surface area (Å²) >= 11 is 0. The Kier molecular flexibility index (Phi) is 3.81. The van der Waals surface area contributed by atoms with Gasteiger partial charge in [-0.1, -0.05) is 13.8 Å². The zero-order valence-electron chi connectivity index (χ0n) is 12.6. The molecule has 1 aromatic carbocycles. The highest BCUT2D eigenvalue weighted by Gasteiger charge is 2.29. The van der Waals surface area contributed by atoms with Crippen molar-refractivity contribution in [2.45, 2.75) is 44.9 Å². The highest BCUT2D eigenvalue weighted by atomic mass is 19.1. The van der Waals surface area contributed by atoms with Gasteiger partial charge in [0, 0.05) is 11.3 Å². The van der Waals surface area contributed by atoms with Crippen LogP contribution in [0.2, 0.25) is 0 Å². The van der Waals surface area contributed by atoms with Gasteiger partial charge in [-0.25, -0.2) is 9.07 Å². The van der Waals surface area contributed by atoms with Gasteiger partial charge in [0.1, 0.15) is 5.82 Å². The summed E-state index contributed by atoms with van der Waals surface area (Å²) in [6.07, 6.45) is 3.29. The molecule has 0 amide bonds. The number of hydrogen-bond acceptors (Lipinski definition) is 2. The number of benzene rings is 1. The first kappa shape index (κ1) is 14.3. The molecule has 1 heterocycles. The highest BCUT2D eigenvalue weighted by molar-refractivity contribution is 5.42. The van der Waals surface area contributed by atoms with E-state index in [2.05, 4.69) is 13.8 Å². The molecule has 0 radical (unpaired) electrons. The average Bonchev–Trinajstić information content (AvgIpc) is 2.88. The third-order valence-corrected chi connectivity index (χ3v) is 4.33. The lowest BCUT2D eigenvalue weighted by Crippen LogP contribution is -2.19. The van der Waals surface area contributed by atoms with Gasteiger partial charge < -0.3 is 5.73 Å². The molecule has 0 saturated carbocycles. The van der Waals surface area contributed by atoms with E-state index in [4.69, 9.17) is 10.8 Å². The molecule has 0 aliphatic heterocycles. The molecule has 112 valence electrons. The van der Waals surface area contributed by atoms with Gasteiger partial charge >= 0.3 is 0 Å². The van der Waals surface area contributed by atoms with E-state index in [1.54, 1.807) is 12.1 Å². The Morgan fingerprint density at radius 1 is 1.33 bits per heavy atom. The molecule has 1 aliphatic rings. The van der Waals surface area contributed by atoms with Crippen molar-refractivity contribution in [3.63, 3.8) is 0 Å². The van der Waals surface area contributed by atoms with Crippen LogP contribution in [0.5, 0.6) is 0 Å². The van der Waals surface area contributed by atoms with E-state index in [1.165, 1.54) is 23.4 Å². The molecule has 1 aliphatic carbocycles. The minimum atomic E-state index is -0.219. The third-order valence-electron chi connectivity index (χ3n) is 4.33. The fourth-order valence-electron chi connectivity index (χ4n) is 3.29. The number of aromatic nitrogens is 2. The van der Waals surface area contributed by atoms with Crippen LogP contribution < -0.4 is 5.73 Å². The van der Waals surface area contributed by atoms with Crippen LogP contribution in [0, 0.1) is 5.82 Å². The zero-order chi connectivity index (χ0) is 15.0. The van der Waals surface area contributed by atoms with E-state index >= 15 is 0 Å². The minimum absolute atomic E-state index is 0.219. The van der Waals surface area contributed by atoms with Crippen LogP contribution in [0.1, 0.15) is 55.5 Å². The van der Waals surface area contributed by atoms with Crippen LogP contribution in [-0.4, -0.2) is 16.3 Å². The van der Waals surface area contributed by atoms with Crippen molar-refractivity contribution in [3.05, 3.63) is 47.0 Å². The summed E-state index contributed by atoms with van der Waals surface area (Å²) in [5.74, 6) is 0.552. The molecular weight excluding hydrogens is 265 g/mol. The smallest absolute Gasteiger partial charge is 0.123 e. The maximum Gasteiger partial charge on any atom is 0.123 e. The van der Waals surface area contributed by atoms with Gasteiger partial charge in [0.05, 0.1) is 11.4 Å². The molecule has 0 bridgehead atoms. The predicted molar refractivity (Wildman–Crippen MR) is 82.3 cm³/mol. The Bertz CT molecular complexity index is 628. The highest BCUT2D eigenvalue weighted by Crippen LogP contribution is 2.37. The largest absolute Gasteiger partial charge is 0.330 e. The number of fused-ring (bicyclic) bond motifs is 1. The van der Waals surface area contributed by atoms with Gasteiger partial charge in [0.15, 0.2) is 0 Å². The van der Waals surface area contributed by atoms with Crippen LogP contribution in [0.15, 0.2) is 24.3 Å². The molecule has 1 aromatic heterocycles. The lowest BCUT2D eigenvalue weighted by Gasteiger charge is -2.23. The van der Waals surface area contributed by atoms with Gasteiger partial charge in [-0.2, -0.15) is 5.10 Å². The fraction of sp³-hybridized carbons (Fsp3) is 0.471. The molecule has 1 atom stereocenters. The molecule has 0 saturated heterocycles. The Hall–Kier alpha value is -1.68. The monoisotopic (exact) mass is 287 g/mol. The molecule has 0 fully saturated rings. The molecule has 4 heteroatoms. The third kappa shape index (κ3) is 2.48. The first-order valence-corrected chi connectivity index (χ1v) is 7.69. The Morgan fingerprint density at radius 2 is 2.05 bits per heavy atom. The van der Waals surface area contributed by atoms with E-state index < -0.39 is 0 Å². The summed E-state index contributed by atoms with van der Waals surface area (Å²) in [7, 11) is 0. The van der Waals surface area contributed by atoms with E-state index in [1.807, 2.05) is 4.68 Å². The zero-order valence-corrected chi connectivity index (χ0v) is 12.6. The SMILES string of the molecule is CC(C)c1nn(-c2ccc(F)cc2)c2c1C(CN)CCC2. The number of nitrogens with zero attached hydrogens (tertiary/aromatic N) is 2. The number of rotatable bonds is 3. The van der Waals surface area contributed by atoms with Gasteiger partial charge in [-0.15, -0.1) is 0 Å². The summed E-state index contributed by atoms with van der Waals surface area (Å²) in [6, 6.07) is 6.56. The normalized spacial score (nSPS) is 18.0. The first-order valence-electron chi connectivity index (χ1n) is 7.69. The molecule has 0 spiro atoms. The molecule has 3 nitrogen and oxygen atoms in total. The standard InChI is InChI=1S/C17H22FN3/c1-11(2)17-16-12(10-19)4-3-5-15(16)21(20-17)14-8-6-13(18)7-9-14/h6-9,11-12H,3-5,10,19H2,1-2H3. The number of hydrogen-bond donors (Lipinski definition) is 1. The lowest BCUT2D eigenvalue weighted by molar-refractivity contribution is 0.545. The number of nitrogens with two attached hydrogens (primary N) is 1. The van der Waals surface area contributed by atoms with Crippen molar-refractivity contribution in [2.75, 3.05) is 6.54 Å². The molecule has 21 heavy (non-hydrogen) atoms. The maximum atomic E-state index is 13.1. The summed E-state index contributed by atoms with van der Waals surface area (Å²) in [4.78, 5) is 0. The fourth-order valence-corrected chi connectivity index (χ4v) is 3.29. The average molecular weight is 287 g/mol. The van der Waals surface area contributed by atoms with E-state index in [0.29, 0.717) is 18.4 Å². The maximum absolute atomic E-state index is 13.1. The Labute approximate surface area is 125 Å². The van der Waals surface area contributed by atoms with E-state index in [0.717, 1.165) is 30.6 Å². The van der Waals surface area contributed by atoms with Crippen molar-refractivity contribution < 1.29 is 4.39 Å². The summed E-state index contributed by atoms with van der Waals surface area (Å²) < 4.78 is 15.1. The second-order valence-corrected chi connectivity index (χ2v) is 6.11. The van der Waals surface area contributed by atoms with Gasteiger partial charge in [0.25, 0.3) is 0 Å². The topological polar surface area (TPSA) is 43.8 Å². The predicted octanol–water partition coefficient (Wildman–Crippen LogP) is 3.51. The van der Waals surface area contributed by atoms with Crippen molar-refractivity contribution in [1.29, 1.82) is 0 Å². The van der Waals surface area contributed by atoms with Crippen LogP contribution >= 0.6 is 0 Å². The Balaban J connectivity index is 2.16. The molecule has 2 aromatic rings. The first-order chi connectivity index (χ1) is 10.1. The van der Waals surface area contributed by atoms with Crippen LogP contribution in [0.25, 0.3) is 5.69 Å².